The van der Waals surface area contributed by atoms with Gasteiger partial charge in [0, 0.05) is 10.9 Å². The lowest BCUT2D eigenvalue weighted by atomic mass is 10.0. The van der Waals surface area contributed by atoms with Gasteiger partial charge in [-0.05, 0) is 46.5 Å². The number of aromatic amines is 1. The molecule has 0 fully saturated rings. The van der Waals surface area contributed by atoms with Crippen LogP contribution in [0.25, 0.3) is 10.9 Å². The van der Waals surface area contributed by atoms with Gasteiger partial charge in [-0.1, -0.05) is 26.2 Å². The fourth-order valence-corrected chi connectivity index (χ4v) is 3.08. The number of aromatic carboxylic acids is 1. The van der Waals surface area contributed by atoms with Gasteiger partial charge in [-0.2, -0.15) is 0 Å². The molecule has 2 rings (SSSR count). The predicted molar refractivity (Wildman–Crippen MR) is 87.4 cm³/mol. The first kappa shape index (κ1) is 15.9. The van der Waals surface area contributed by atoms with Crippen LogP contribution in [0, 0.1) is 0 Å². The van der Waals surface area contributed by atoms with Crippen molar-refractivity contribution in [3.05, 3.63) is 27.9 Å². The van der Waals surface area contributed by atoms with Gasteiger partial charge in [0.2, 0.25) is 0 Å². The van der Waals surface area contributed by atoms with Crippen LogP contribution < -0.4 is 4.74 Å². The molecule has 1 heterocycles. The molecule has 0 atom stereocenters. The van der Waals surface area contributed by atoms with E-state index in [0.717, 1.165) is 40.2 Å². The van der Waals surface area contributed by atoms with Crippen molar-refractivity contribution in [2.24, 2.45) is 0 Å². The zero-order valence-corrected chi connectivity index (χ0v) is 13.9. The van der Waals surface area contributed by atoms with E-state index in [2.05, 4.69) is 27.8 Å². The molecule has 0 bridgehead atoms. The number of aryl methyl sites for hydroxylation is 1. The molecule has 2 aromatic rings. The van der Waals surface area contributed by atoms with Crippen molar-refractivity contribution >= 4 is 32.8 Å². The molecule has 5 heteroatoms. The number of methoxy groups -OCH3 is 1. The molecule has 0 aliphatic rings. The number of hydrogen-bond acceptors (Lipinski definition) is 2. The van der Waals surface area contributed by atoms with Gasteiger partial charge in [-0.25, -0.2) is 4.79 Å². The number of halogens is 1. The van der Waals surface area contributed by atoms with Crippen LogP contribution in [0.4, 0.5) is 0 Å². The van der Waals surface area contributed by atoms with E-state index in [9.17, 15) is 9.90 Å². The van der Waals surface area contributed by atoms with Crippen LogP contribution >= 0.6 is 15.9 Å². The highest BCUT2D eigenvalue weighted by Gasteiger charge is 2.18. The van der Waals surface area contributed by atoms with Crippen molar-refractivity contribution in [3.63, 3.8) is 0 Å². The van der Waals surface area contributed by atoms with Gasteiger partial charge in [-0.15, -0.1) is 0 Å². The fourth-order valence-electron chi connectivity index (χ4n) is 2.58. The third kappa shape index (κ3) is 3.40. The summed E-state index contributed by atoms with van der Waals surface area (Å²) in [6.45, 7) is 2.16. The number of ether oxygens (including phenoxy) is 1. The number of unbranched alkanes of at least 4 members (excludes halogenated alkanes) is 3. The van der Waals surface area contributed by atoms with E-state index in [4.69, 9.17) is 4.74 Å². The van der Waals surface area contributed by atoms with Gasteiger partial charge >= 0.3 is 5.97 Å². The lowest BCUT2D eigenvalue weighted by Crippen LogP contribution is -2.01. The van der Waals surface area contributed by atoms with Gasteiger partial charge in [0.25, 0.3) is 0 Å². The van der Waals surface area contributed by atoms with E-state index in [1.807, 2.05) is 12.1 Å². The minimum atomic E-state index is -0.910. The molecule has 21 heavy (non-hydrogen) atoms. The molecule has 114 valence electrons. The molecular weight excluding hydrogens is 334 g/mol. The Morgan fingerprint density at radius 3 is 2.71 bits per heavy atom. The summed E-state index contributed by atoms with van der Waals surface area (Å²) in [4.78, 5) is 14.5. The first-order chi connectivity index (χ1) is 10.1. The maximum Gasteiger partial charge on any atom is 0.352 e. The van der Waals surface area contributed by atoms with E-state index in [-0.39, 0.29) is 0 Å². The summed E-state index contributed by atoms with van der Waals surface area (Å²) in [7, 11) is 1.61. The van der Waals surface area contributed by atoms with E-state index in [1.165, 1.54) is 12.8 Å². The predicted octanol–water partition coefficient (Wildman–Crippen LogP) is 4.76. The summed E-state index contributed by atoms with van der Waals surface area (Å²) >= 11 is 3.43. The van der Waals surface area contributed by atoms with Gasteiger partial charge in [0.1, 0.15) is 11.4 Å². The first-order valence-corrected chi connectivity index (χ1v) is 7.99. The van der Waals surface area contributed by atoms with Crippen molar-refractivity contribution in [3.8, 4) is 5.75 Å². The highest BCUT2D eigenvalue weighted by Crippen LogP contribution is 2.33. The molecule has 0 unspecified atom stereocenters. The smallest absolute Gasteiger partial charge is 0.352 e. The second-order valence-corrected chi connectivity index (χ2v) is 5.98. The number of nitrogens with one attached hydrogen (secondary N) is 1. The van der Waals surface area contributed by atoms with Crippen molar-refractivity contribution in [1.29, 1.82) is 0 Å². The Labute approximate surface area is 132 Å². The van der Waals surface area contributed by atoms with Crippen molar-refractivity contribution in [2.45, 2.75) is 39.0 Å². The zero-order valence-electron chi connectivity index (χ0n) is 12.3. The van der Waals surface area contributed by atoms with Crippen LogP contribution in [-0.2, 0) is 6.42 Å². The molecule has 0 saturated heterocycles. The number of carbonyl (C=O) groups is 1. The van der Waals surface area contributed by atoms with Gasteiger partial charge in [0.05, 0.1) is 11.6 Å². The zero-order chi connectivity index (χ0) is 15.4. The van der Waals surface area contributed by atoms with Crippen molar-refractivity contribution in [1.82, 2.24) is 4.98 Å². The van der Waals surface area contributed by atoms with Crippen LogP contribution in [0.1, 0.15) is 48.7 Å². The summed E-state index contributed by atoms with van der Waals surface area (Å²) in [5.74, 6) is -0.194. The standard InChI is InChI=1S/C16H20BrNO3/c1-3-4-5-6-7-10-11-8-14(21-2)12(17)9-13(11)18-15(10)16(19)20/h8-9,18H,3-7H2,1-2H3,(H,19,20). The van der Waals surface area contributed by atoms with Crippen LogP contribution in [0.5, 0.6) is 5.75 Å². The molecule has 0 aliphatic heterocycles. The lowest BCUT2D eigenvalue weighted by molar-refractivity contribution is 0.0690. The molecular formula is C16H20BrNO3. The molecule has 2 N–H and O–H groups in total. The Bertz CT molecular complexity index is 648. The third-order valence-electron chi connectivity index (χ3n) is 3.67. The van der Waals surface area contributed by atoms with Gasteiger partial charge < -0.3 is 14.8 Å². The number of carboxylic acids is 1. The van der Waals surface area contributed by atoms with Gasteiger partial charge in [-0.3, -0.25) is 0 Å². The minimum absolute atomic E-state index is 0.293. The van der Waals surface area contributed by atoms with E-state index in [0.29, 0.717) is 11.4 Å². The van der Waals surface area contributed by atoms with Crippen molar-refractivity contribution < 1.29 is 14.6 Å². The maximum atomic E-state index is 11.4. The Kier molecular flexibility index (Phi) is 5.28. The van der Waals surface area contributed by atoms with Crippen LogP contribution in [0.3, 0.4) is 0 Å². The average Bonchev–Trinajstić information content (AvgIpc) is 2.80. The van der Waals surface area contributed by atoms with E-state index >= 15 is 0 Å². The third-order valence-corrected chi connectivity index (χ3v) is 4.29. The lowest BCUT2D eigenvalue weighted by Gasteiger charge is -2.05. The molecule has 0 radical (unpaired) electrons. The minimum Gasteiger partial charge on any atom is -0.496 e. The summed E-state index contributed by atoms with van der Waals surface area (Å²) < 4.78 is 6.13. The van der Waals surface area contributed by atoms with Crippen LogP contribution in [0.15, 0.2) is 16.6 Å². The Balaban J connectivity index is 2.42. The summed E-state index contributed by atoms with van der Waals surface area (Å²) in [6, 6.07) is 3.77. The number of aromatic nitrogens is 1. The largest absolute Gasteiger partial charge is 0.496 e. The molecule has 4 nitrogen and oxygen atoms in total. The van der Waals surface area contributed by atoms with Crippen LogP contribution in [0.2, 0.25) is 0 Å². The topological polar surface area (TPSA) is 62.3 Å². The molecule has 1 aromatic heterocycles. The van der Waals surface area contributed by atoms with E-state index < -0.39 is 5.97 Å². The second-order valence-electron chi connectivity index (χ2n) is 5.13. The maximum absolute atomic E-state index is 11.4. The molecule has 0 amide bonds. The normalized spacial score (nSPS) is 11.0. The quantitative estimate of drug-likeness (QED) is 0.705. The molecule has 0 aliphatic carbocycles. The highest BCUT2D eigenvalue weighted by molar-refractivity contribution is 9.10. The summed E-state index contributed by atoms with van der Waals surface area (Å²) in [5, 5.41) is 10.3. The first-order valence-electron chi connectivity index (χ1n) is 7.19. The van der Waals surface area contributed by atoms with E-state index in [1.54, 1.807) is 7.11 Å². The van der Waals surface area contributed by atoms with Crippen LogP contribution in [-0.4, -0.2) is 23.2 Å². The average molecular weight is 354 g/mol. The number of rotatable bonds is 7. The van der Waals surface area contributed by atoms with Crippen molar-refractivity contribution in [2.75, 3.05) is 7.11 Å². The van der Waals surface area contributed by atoms with Gasteiger partial charge in [0.15, 0.2) is 0 Å². The molecule has 0 saturated carbocycles. The highest BCUT2D eigenvalue weighted by atomic mass is 79.9. The number of carboxylic acid groups (broad SMARTS) is 1. The second kappa shape index (κ2) is 6.98. The number of hydrogen-bond donors (Lipinski definition) is 2. The number of H-pyrrole nitrogens is 1. The Morgan fingerprint density at radius 2 is 2.10 bits per heavy atom. The molecule has 0 spiro atoms. The number of benzene rings is 1. The Hall–Kier alpha value is -1.49. The molecule has 1 aromatic carbocycles. The fraction of sp³-hybridized carbons (Fsp3) is 0.438. The summed E-state index contributed by atoms with van der Waals surface area (Å²) in [5.41, 5.74) is 1.99. The number of fused-ring (bicyclic) bond motifs is 1. The SMILES string of the molecule is CCCCCCc1c(C(=O)O)[nH]c2cc(Br)c(OC)cc12. The Morgan fingerprint density at radius 1 is 1.33 bits per heavy atom. The monoisotopic (exact) mass is 353 g/mol. The summed E-state index contributed by atoms with van der Waals surface area (Å²) in [6.07, 6.45) is 5.24.